The van der Waals surface area contributed by atoms with Crippen molar-refractivity contribution in [2.24, 2.45) is 5.92 Å². The largest absolute Gasteiger partial charge is 0.480 e. The molecule has 2 N–H and O–H groups in total. The fraction of sp³-hybridized carbons (Fsp3) is 0.385. The van der Waals surface area contributed by atoms with Gasteiger partial charge in [0.25, 0.3) is 0 Å². The van der Waals surface area contributed by atoms with E-state index in [1.165, 1.54) is 17.4 Å². The van der Waals surface area contributed by atoms with Gasteiger partial charge in [0, 0.05) is 11.0 Å². The third-order valence-corrected chi connectivity index (χ3v) is 3.50. The van der Waals surface area contributed by atoms with Gasteiger partial charge in [0.1, 0.15) is 6.04 Å². The van der Waals surface area contributed by atoms with Gasteiger partial charge in [-0.2, -0.15) is 0 Å². The summed E-state index contributed by atoms with van der Waals surface area (Å²) in [4.78, 5) is 23.5. The van der Waals surface area contributed by atoms with Crippen LogP contribution in [0.5, 0.6) is 0 Å². The van der Waals surface area contributed by atoms with Gasteiger partial charge >= 0.3 is 5.97 Å². The summed E-state index contributed by atoms with van der Waals surface area (Å²) in [7, 11) is 0. The molecule has 0 aliphatic heterocycles. The molecule has 1 aromatic rings. The van der Waals surface area contributed by atoms with Crippen LogP contribution in [0.4, 0.5) is 0 Å². The van der Waals surface area contributed by atoms with E-state index in [0.29, 0.717) is 0 Å². The van der Waals surface area contributed by atoms with E-state index in [-0.39, 0.29) is 11.8 Å². The lowest BCUT2D eigenvalue weighted by Gasteiger charge is -2.16. The Bertz CT molecular complexity index is 463. The van der Waals surface area contributed by atoms with Gasteiger partial charge in [0.2, 0.25) is 5.91 Å². The first-order valence-electron chi connectivity index (χ1n) is 5.67. The van der Waals surface area contributed by atoms with Gasteiger partial charge < -0.3 is 10.4 Å². The number of hydrogen-bond acceptors (Lipinski definition) is 3. The number of nitrogens with one attached hydrogen (secondary N) is 1. The Morgan fingerprint density at radius 3 is 2.56 bits per heavy atom. The summed E-state index contributed by atoms with van der Waals surface area (Å²) in [5.74, 6) is -1.55. The molecule has 5 heteroatoms. The van der Waals surface area contributed by atoms with E-state index in [1.54, 1.807) is 19.9 Å². The normalized spacial score (nSPS) is 12.9. The molecule has 0 aromatic carbocycles. The van der Waals surface area contributed by atoms with Gasteiger partial charge in [-0.25, -0.2) is 4.79 Å². The van der Waals surface area contributed by atoms with Crippen molar-refractivity contribution in [2.45, 2.75) is 26.8 Å². The monoisotopic (exact) mass is 267 g/mol. The Hall–Kier alpha value is -1.62. The van der Waals surface area contributed by atoms with Crippen LogP contribution in [0.3, 0.4) is 0 Å². The van der Waals surface area contributed by atoms with Gasteiger partial charge in [0.15, 0.2) is 0 Å². The highest BCUT2D eigenvalue weighted by Gasteiger charge is 2.22. The quantitative estimate of drug-likeness (QED) is 0.804. The molecule has 0 unspecified atom stereocenters. The Kier molecular flexibility index (Phi) is 5.09. The van der Waals surface area contributed by atoms with Gasteiger partial charge in [-0.15, -0.1) is 11.3 Å². The van der Waals surface area contributed by atoms with Crippen molar-refractivity contribution in [1.29, 1.82) is 0 Å². The highest BCUT2D eigenvalue weighted by Crippen LogP contribution is 2.16. The number of hydrogen-bond donors (Lipinski definition) is 2. The zero-order valence-corrected chi connectivity index (χ0v) is 11.5. The van der Waals surface area contributed by atoms with E-state index < -0.39 is 12.0 Å². The molecule has 0 saturated heterocycles. The molecule has 1 heterocycles. The molecule has 98 valence electrons. The molecular weight excluding hydrogens is 250 g/mol. The second-order valence-corrected chi connectivity index (χ2v) is 5.32. The lowest BCUT2D eigenvalue weighted by atomic mass is 10.0. The molecule has 1 amide bonds. The number of aryl methyl sites for hydroxylation is 1. The molecule has 18 heavy (non-hydrogen) atoms. The van der Waals surface area contributed by atoms with Crippen molar-refractivity contribution >= 4 is 29.3 Å². The first-order chi connectivity index (χ1) is 8.41. The maximum absolute atomic E-state index is 11.6. The average Bonchev–Trinajstić information content (AvgIpc) is 2.68. The zero-order valence-electron chi connectivity index (χ0n) is 10.6. The van der Waals surface area contributed by atoms with Gasteiger partial charge in [0.05, 0.1) is 0 Å². The maximum Gasteiger partial charge on any atom is 0.326 e. The van der Waals surface area contributed by atoms with Crippen LogP contribution in [0.2, 0.25) is 0 Å². The summed E-state index contributed by atoms with van der Waals surface area (Å²) in [6.45, 7) is 5.47. The minimum absolute atomic E-state index is 0.150. The second-order valence-electron chi connectivity index (χ2n) is 4.37. The lowest BCUT2D eigenvalue weighted by molar-refractivity contribution is -0.142. The minimum Gasteiger partial charge on any atom is -0.480 e. The number of carboxylic acids is 1. The third-order valence-electron chi connectivity index (χ3n) is 2.52. The molecule has 0 radical (unpaired) electrons. The van der Waals surface area contributed by atoms with E-state index >= 15 is 0 Å². The van der Waals surface area contributed by atoms with Crippen molar-refractivity contribution in [1.82, 2.24) is 5.32 Å². The Labute approximate surface area is 110 Å². The van der Waals surface area contributed by atoms with Crippen LogP contribution in [0, 0.1) is 12.8 Å². The highest BCUT2D eigenvalue weighted by molar-refractivity contribution is 7.11. The molecule has 0 bridgehead atoms. The number of carboxylic acid groups (broad SMARTS) is 1. The summed E-state index contributed by atoms with van der Waals surface area (Å²) in [5, 5.41) is 13.4. The van der Waals surface area contributed by atoms with Crippen LogP contribution >= 0.6 is 11.3 Å². The standard InChI is InChI=1S/C13H17NO3S/c1-8(2)12(13(16)17)14-11(15)5-4-10-9(3)6-7-18-10/h4-8,12H,1-3H3,(H,14,15)(H,16,17)/b5-4+/t12-/m0/s1. The molecule has 0 saturated carbocycles. The number of rotatable bonds is 5. The molecule has 4 nitrogen and oxygen atoms in total. The van der Waals surface area contributed by atoms with Gasteiger partial charge in [-0.3, -0.25) is 4.79 Å². The summed E-state index contributed by atoms with van der Waals surface area (Å²) >= 11 is 1.54. The van der Waals surface area contributed by atoms with E-state index in [1.807, 2.05) is 18.4 Å². The third kappa shape index (κ3) is 4.00. The summed E-state index contributed by atoms with van der Waals surface area (Å²) in [5.41, 5.74) is 1.10. The average molecular weight is 267 g/mol. The van der Waals surface area contributed by atoms with Crippen molar-refractivity contribution in [2.75, 3.05) is 0 Å². The van der Waals surface area contributed by atoms with Crippen LogP contribution in [-0.4, -0.2) is 23.0 Å². The fourth-order valence-electron chi connectivity index (χ4n) is 1.42. The fourth-order valence-corrected chi connectivity index (χ4v) is 2.24. The van der Waals surface area contributed by atoms with Crippen molar-refractivity contribution in [3.05, 3.63) is 28.0 Å². The van der Waals surface area contributed by atoms with Crippen molar-refractivity contribution in [3.8, 4) is 0 Å². The van der Waals surface area contributed by atoms with Crippen molar-refractivity contribution < 1.29 is 14.7 Å². The first kappa shape index (κ1) is 14.4. The summed E-state index contributed by atoms with van der Waals surface area (Å²) in [6, 6.07) is 1.11. The molecule has 1 aromatic heterocycles. The topological polar surface area (TPSA) is 66.4 Å². The Morgan fingerprint density at radius 1 is 1.44 bits per heavy atom. The second kappa shape index (κ2) is 6.35. The molecule has 0 aliphatic carbocycles. The van der Waals surface area contributed by atoms with E-state index in [0.717, 1.165) is 10.4 Å². The van der Waals surface area contributed by atoms with Crippen LogP contribution < -0.4 is 5.32 Å². The highest BCUT2D eigenvalue weighted by atomic mass is 32.1. The molecule has 1 rings (SSSR count). The summed E-state index contributed by atoms with van der Waals surface area (Å²) in [6.07, 6.45) is 3.08. The Morgan fingerprint density at radius 2 is 2.11 bits per heavy atom. The molecule has 0 spiro atoms. The smallest absolute Gasteiger partial charge is 0.326 e. The minimum atomic E-state index is -1.01. The molecule has 0 fully saturated rings. The predicted octanol–water partition coefficient (Wildman–Crippen LogP) is 2.30. The number of amides is 1. The lowest BCUT2D eigenvalue weighted by Crippen LogP contribution is -2.43. The zero-order chi connectivity index (χ0) is 13.7. The van der Waals surface area contributed by atoms with Gasteiger partial charge in [-0.05, 0) is 35.9 Å². The van der Waals surface area contributed by atoms with Crippen molar-refractivity contribution in [3.63, 3.8) is 0 Å². The number of aliphatic carboxylic acids is 1. The van der Waals surface area contributed by atoms with Crippen LogP contribution in [0.15, 0.2) is 17.5 Å². The molecular formula is C13H17NO3S. The number of carbonyl (C=O) groups is 2. The van der Waals surface area contributed by atoms with E-state index in [9.17, 15) is 9.59 Å². The number of thiophene rings is 1. The number of carbonyl (C=O) groups excluding carboxylic acids is 1. The van der Waals surface area contributed by atoms with Crippen LogP contribution in [-0.2, 0) is 9.59 Å². The Balaban J connectivity index is 2.64. The molecule has 0 aliphatic rings. The SMILES string of the molecule is Cc1ccsc1/C=C/C(=O)N[C@H](C(=O)O)C(C)C. The summed E-state index contributed by atoms with van der Waals surface area (Å²) < 4.78 is 0. The van der Waals surface area contributed by atoms with Crippen LogP contribution in [0.25, 0.3) is 6.08 Å². The van der Waals surface area contributed by atoms with E-state index in [4.69, 9.17) is 5.11 Å². The molecule has 1 atom stereocenters. The maximum atomic E-state index is 11.6. The van der Waals surface area contributed by atoms with E-state index in [2.05, 4.69) is 5.32 Å². The predicted molar refractivity (Wildman–Crippen MR) is 72.5 cm³/mol. The van der Waals surface area contributed by atoms with Gasteiger partial charge in [-0.1, -0.05) is 13.8 Å². The first-order valence-corrected chi connectivity index (χ1v) is 6.55. The van der Waals surface area contributed by atoms with Crippen LogP contribution in [0.1, 0.15) is 24.3 Å².